The van der Waals surface area contributed by atoms with Crippen LogP contribution in [-0.2, 0) is 17.9 Å². The monoisotopic (exact) mass is 476 g/mol. The van der Waals surface area contributed by atoms with Crippen LogP contribution in [0.1, 0.15) is 34.3 Å². The van der Waals surface area contributed by atoms with E-state index in [-0.39, 0.29) is 23.5 Å². The van der Waals surface area contributed by atoms with Crippen LogP contribution >= 0.6 is 0 Å². The lowest BCUT2D eigenvalue weighted by Crippen LogP contribution is -2.45. The van der Waals surface area contributed by atoms with Gasteiger partial charge in [-0.2, -0.15) is 0 Å². The second-order valence-corrected chi connectivity index (χ2v) is 8.57. The third-order valence-electron chi connectivity index (χ3n) is 6.10. The lowest BCUT2D eigenvalue weighted by Gasteiger charge is -2.32. The van der Waals surface area contributed by atoms with Crippen molar-refractivity contribution in [3.63, 3.8) is 0 Å². The first-order valence-corrected chi connectivity index (χ1v) is 11.7. The normalized spacial score (nSPS) is 15.4. The number of nitrogens with one attached hydrogen (secondary N) is 1. The highest BCUT2D eigenvalue weighted by atomic mass is 19.1. The maximum atomic E-state index is 13.2. The Hall–Kier alpha value is -3.87. The number of carbonyl (C=O) groups excluding carboxylic acids is 2. The first kappa shape index (κ1) is 24.3. The molecule has 6 nitrogen and oxygen atoms in total. The summed E-state index contributed by atoms with van der Waals surface area (Å²) in [6.45, 7) is 1.71. The van der Waals surface area contributed by atoms with E-state index in [0.717, 1.165) is 17.5 Å². The van der Waals surface area contributed by atoms with Crippen LogP contribution in [0.3, 0.4) is 0 Å². The van der Waals surface area contributed by atoms with Crippen molar-refractivity contribution < 1.29 is 23.5 Å². The van der Waals surface area contributed by atoms with Crippen molar-refractivity contribution in [2.45, 2.75) is 26.0 Å². The lowest BCUT2D eigenvalue weighted by molar-refractivity contribution is -0.126. The third-order valence-corrected chi connectivity index (χ3v) is 6.10. The Morgan fingerprint density at radius 2 is 1.77 bits per heavy atom. The molecule has 1 fully saturated rings. The van der Waals surface area contributed by atoms with Crippen LogP contribution in [0, 0.1) is 11.7 Å². The van der Waals surface area contributed by atoms with E-state index in [2.05, 4.69) is 5.32 Å². The number of nitrogens with zero attached hydrogens (tertiary/aromatic N) is 1. The molecule has 0 aromatic heterocycles. The second-order valence-electron chi connectivity index (χ2n) is 8.57. The van der Waals surface area contributed by atoms with Crippen LogP contribution in [0.25, 0.3) is 0 Å². The molecular formula is C28H29FN2O4. The summed E-state index contributed by atoms with van der Waals surface area (Å²) in [4.78, 5) is 27.3. The first-order valence-electron chi connectivity index (χ1n) is 11.7. The molecule has 1 heterocycles. The molecule has 2 amide bonds. The highest BCUT2D eigenvalue weighted by Crippen LogP contribution is 2.29. The number of hydrogen-bond acceptors (Lipinski definition) is 4. The van der Waals surface area contributed by atoms with Gasteiger partial charge in [0.25, 0.3) is 5.91 Å². The van der Waals surface area contributed by atoms with Gasteiger partial charge in [0.2, 0.25) is 5.91 Å². The molecule has 3 aromatic carbocycles. The van der Waals surface area contributed by atoms with Crippen molar-refractivity contribution in [2.75, 3.05) is 20.2 Å². The number of benzene rings is 3. The quantitative estimate of drug-likeness (QED) is 0.517. The summed E-state index contributed by atoms with van der Waals surface area (Å²) in [6.07, 6.45) is 1.46. The van der Waals surface area contributed by atoms with Crippen LogP contribution in [0.15, 0.2) is 72.8 Å². The van der Waals surface area contributed by atoms with Crippen LogP contribution in [-0.4, -0.2) is 36.9 Å². The number of piperidine rings is 1. The largest absolute Gasteiger partial charge is 0.493 e. The minimum absolute atomic E-state index is 0.0926. The molecule has 1 aliphatic rings. The van der Waals surface area contributed by atoms with Crippen molar-refractivity contribution in [3.05, 3.63) is 95.3 Å². The molecule has 1 saturated heterocycles. The zero-order chi connectivity index (χ0) is 24.6. The fraction of sp³-hybridized carbons (Fsp3) is 0.286. The fourth-order valence-corrected chi connectivity index (χ4v) is 4.16. The minimum Gasteiger partial charge on any atom is -0.493 e. The zero-order valence-electron chi connectivity index (χ0n) is 19.7. The molecule has 4 rings (SSSR count). The summed E-state index contributed by atoms with van der Waals surface area (Å²) in [7, 11) is 1.59. The number of amides is 2. The zero-order valence-corrected chi connectivity index (χ0v) is 19.7. The number of likely N-dealkylation sites (tertiary alicyclic amines) is 1. The molecular weight excluding hydrogens is 447 g/mol. The Morgan fingerprint density at radius 3 is 2.51 bits per heavy atom. The Bertz CT molecular complexity index is 1150. The number of halogens is 1. The molecule has 35 heavy (non-hydrogen) atoms. The van der Waals surface area contributed by atoms with Crippen LogP contribution in [0.4, 0.5) is 4.39 Å². The summed E-state index contributed by atoms with van der Waals surface area (Å²) in [5.41, 5.74) is 2.37. The van der Waals surface area contributed by atoms with Crippen molar-refractivity contribution in [2.24, 2.45) is 5.92 Å². The average molecular weight is 477 g/mol. The number of carbonyl (C=O) groups is 2. The second kappa shape index (κ2) is 11.5. The van der Waals surface area contributed by atoms with E-state index in [1.54, 1.807) is 12.0 Å². The van der Waals surface area contributed by atoms with Crippen LogP contribution < -0.4 is 14.8 Å². The van der Waals surface area contributed by atoms with Gasteiger partial charge in [-0.15, -0.1) is 0 Å². The average Bonchev–Trinajstić information content (AvgIpc) is 2.91. The van der Waals surface area contributed by atoms with Gasteiger partial charge in [-0.3, -0.25) is 9.59 Å². The van der Waals surface area contributed by atoms with Gasteiger partial charge in [0.15, 0.2) is 11.5 Å². The van der Waals surface area contributed by atoms with Crippen LogP contribution in [0.2, 0.25) is 0 Å². The van der Waals surface area contributed by atoms with E-state index >= 15 is 0 Å². The Morgan fingerprint density at radius 1 is 1.00 bits per heavy atom. The molecule has 1 atom stereocenters. The number of methoxy groups -OCH3 is 1. The van der Waals surface area contributed by atoms with Gasteiger partial charge in [0, 0.05) is 25.2 Å². The molecule has 0 radical (unpaired) electrons. The van der Waals surface area contributed by atoms with Crippen molar-refractivity contribution >= 4 is 11.8 Å². The molecule has 182 valence electrons. The summed E-state index contributed by atoms with van der Waals surface area (Å²) in [5.74, 6) is 0.284. The predicted molar refractivity (Wildman–Crippen MR) is 131 cm³/mol. The summed E-state index contributed by atoms with van der Waals surface area (Å²) in [5, 5.41) is 2.98. The predicted octanol–water partition coefficient (Wildman–Crippen LogP) is 4.58. The molecule has 1 N–H and O–H groups in total. The van der Waals surface area contributed by atoms with E-state index in [9.17, 15) is 14.0 Å². The third kappa shape index (κ3) is 6.38. The Kier molecular flexibility index (Phi) is 7.98. The number of hydrogen-bond donors (Lipinski definition) is 1. The Labute approximate surface area is 204 Å². The maximum Gasteiger partial charge on any atom is 0.253 e. The van der Waals surface area contributed by atoms with Gasteiger partial charge in [0.1, 0.15) is 12.4 Å². The van der Waals surface area contributed by atoms with Crippen molar-refractivity contribution in [1.29, 1.82) is 0 Å². The molecule has 0 unspecified atom stereocenters. The molecule has 3 aromatic rings. The molecule has 0 saturated carbocycles. The van der Waals surface area contributed by atoms with Crippen molar-refractivity contribution in [1.82, 2.24) is 10.2 Å². The lowest BCUT2D eigenvalue weighted by atomic mass is 9.96. The van der Waals surface area contributed by atoms with E-state index in [0.29, 0.717) is 49.7 Å². The first-order chi connectivity index (χ1) is 17.0. The van der Waals surface area contributed by atoms with Gasteiger partial charge < -0.3 is 19.7 Å². The van der Waals surface area contributed by atoms with Crippen molar-refractivity contribution in [3.8, 4) is 11.5 Å². The highest BCUT2D eigenvalue weighted by molar-refractivity contribution is 5.94. The van der Waals surface area contributed by atoms with Gasteiger partial charge in [-0.25, -0.2) is 4.39 Å². The van der Waals surface area contributed by atoms with Gasteiger partial charge in [-0.05, 0) is 60.4 Å². The maximum absolute atomic E-state index is 13.2. The summed E-state index contributed by atoms with van der Waals surface area (Å²) in [6, 6.07) is 21.0. The highest BCUT2D eigenvalue weighted by Gasteiger charge is 2.28. The van der Waals surface area contributed by atoms with Gasteiger partial charge in [-0.1, -0.05) is 36.4 Å². The number of rotatable bonds is 8. The smallest absolute Gasteiger partial charge is 0.253 e. The van der Waals surface area contributed by atoms with Gasteiger partial charge in [0.05, 0.1) is 13.0 Å². The minimum atomic E-state index is -0.384. The summed E-state index contributed by atoms with van der Waals surface area (Å²) < 4.78 is 24.5. The van der Waals surface area contributed by atoms with E-state index in [1.807, 2.05) is 48.5 Å². The van der Waals surface area contributed by atoms with E-state index in [1.165, 1.54) is 24.3 Å². The fourth-order valence-electron chi connectivity index (χ4n) is 4.16. The van der Waals surface area contributed by atoms with Crippen LogP contribution in [0.5, 0.6) is 11.5 Å². The molecule has 0 bridgehead atoms. The molecule has 0 aliphatic carbocycles. The topological polar surface area (TPSA) is 67.9 Å². The molecule has 0 spiro atoms. The summed E-state index contributed by atoms with van der Waals surface area (Å²) >= 11 is 0. The Balaban J connectivity index is 1.31. The van der Waals surface area contributed by atoms with Gasteiger partial charge >= 0.3 is 0 Å². The van der Waals surface area contributed by atoms with E-state index < -0.39 is 0 Å². The van der Waals surface area contributed by atoms with E-state index in [4.69, 9.17) is 9.47 Å². The molecule has 7 heteroatoms. The molecule has 1 aliphatic heterocycles. The SMILES string of the molecule is COc1cc(CNC(=O)[C@@H]2CCCN(C(=O)c3ccc(F)cc3)C2)ccc1OCc1ccccc1. The number of ether oxygens (including phenoxy) is 2. The standard InChI is InChI=1S/C28H29FN2O4/c1-34-26-16-21(9-14-25(26)35-19-20-6-3-2-4-7-20)17-30-27(32)23-8-5-15-31(18-23)28(33)22-10-12-24(29)13-11-22/h2-4,6-7,9-14,16,23H,5,8,15,17-19H2,1H3,(H,30,32)/t23-/m1/s1.